The van der Waals surface area contributed by atoms with Gasteiger partial charge in [-0.05, 0) is 25.7 Å². The summed E-state index contributed by atoms with van der Waals surface area (Å²) in [6.07, 6.45) is 28.0. The second-order valence-corrected chi connectivity index (χ2v) is 8.97. The maximum Gasteiger partial charge on any atom is 0.157 e. The number of hydrogen-bond acceptors (Lipinski definition) is 2. The Morgan fingerprint density at radius 1 is 0.400 bits per heavy atom. The smallest absolute Gasteiger partial charge is 0.157 e. The normalized spacial score (nSPS) is 12.1. The molecule has 0 saturated heterocycles. The first kappa shape index (κ1) is 32.1. The molecule has 0 aliphatic heterocycles. The lowest BCUT2D eigenvalue weighted by atomic mass is 10.1. The average molecular weight is 431 g/mol. The molecule has 0 fully saturated rings. The Hall–Kier alpha value is -0.120. The Balaban J connectivity index is 0. The monoisotopic (exact) mass is 430 g/mol. The molecular formula is C27H58O3. The molecule has 0 saturated carbocycles. The van der Waals surface area contributed by atoms with Crippen LogP contribution in [0.1, 0.15) is 156 Å². The van der Waals surface area contributed by atoms with Crippen LogP contribution in [0, 0.1) is 0 Å². The maximum absolute atomic E-state index is 6.13. The standard InChI is InChI=1S/C27H56O2.H2O/c1-4-7-10-13-15-17-19-21-24-27(28-25-22-12-9-6-3)29-26-23-20-18-16-14-11-8-5-2;/h27H,4-26H2,1-3H3;1H2. The van der Waals surface area contributed by atoms with Crippen LogP contribution in [0.5, 0.6) is 0 Å². The molecular weight excluding hydrogens is 372 g/mol. The predicted molar refractivity (Wildman–Crippen MR) is 133 cm³/mol. The van der Waals surface area contributed by atoms with Gasteiger partial charge in [0.2, 0.25) is 0 Å². The third-order valence-corrected chi connectivity index (χ3v) is 5.90. The first-order valence-electron chi connectivity index (χ1n) is 13.6. The van der Waals surface area contributed by atoms with Crippen molar-refractivity contribution in [3.8, 4) is 0 Å². The van der Waals surface area contributed by atoms with E-state index in [-0.39, 0.29) is 11.8 Å². The zero-order valence-electron chi connectivity index (χ0n) is 21.2. The summed E-state index contributed by atoms with van der Waals surface area (Å²) in [7, 11) is 0. The van der Waals surface area contributed by atoms with Gasteiger partial charge >= 0.3 is 0 Å². The van der Waals surface area contributed by atoms with Gasteiger partial charge in [0.15, 0.2) is 6.29 Å². The second kappa shape index (κ2) is 28.9. The van der Waals surface area contributed by atoms with Crippen LogP contribution in [0.2, 0.25) is 0 Å². The first-order chi connectivity index (χ1) is 14.3. The molecule has 3 nitrogen and oxygen atoms in total. The SMILES string of the molecule is CCCCCCCCCCOC(CCCCCCCCCC)OCCCCCC.O. The molecule has 1 atom stereocenters. The van der Waals surface area contributed by atoms with Crippen molar-refractivity contribution < 1.29 is 14.9 Å². The van der Waals surface area contributed by atoms with Gasteiger partial charge in [-0.2, -0.15) is 0 Å². The molecule has 0 bridgehead atoms. The van der Waals surface area contributed by atoms with Crippen molar-refractivity contribution in [2.45, 2.75) is 162 Å². The molecule has 1 unspecified atom stereocenters. The minimum Gasteiger partial charge on any atom is -0.412 e. The summed E-state index contributed by atoms with van der Waals surface area (Å²) >= 11 is 0. The lowest BCUT2D eigenvalue weighted by Gasteiger charge is -2.19. The molecule has 3 heteroatoms. The lowest BCUT2D eigenvalue weighted by molar-refractivity contribution is -0.148. The van der Waals surface area contributed by atoms with E-state index in [0.717, 1.165) is 19.6 Å². The highest BCUT2D eigenvalue weighted by molar-refractivity contribution is 4.52. The minimum atomic E-state index is 0. The van der Waals surface area contributed by atoms with Crippen molar-refractivity contribution in [3.05, 3.63) is 0 Å². The van der Waals surface area contributed by atoms with Gasteiger partial charge in [-0.15, -0.1) is 0 Å². The van der Waals surface area contributed by atoms with Gasteiger partial charge in [-0.25, -0.2) is 0 Å². The summed E-state index contributed by atoms with van der Waals surface area (Å²) in [5, 5.41) is 0. The number of hydrogen-bond donors (Lipinski definition) is 0. The van der Waals surface area contributed by atoms with E-state index >= 15 is 0 Å². The first-order valence-corrected chi connectivity index (χ1v) is 13.6. The van der Waals surface area contributed by atoms with Crippen molar-refractivity contribution in [1.29, 1.82) is 0 Å². The molecule has 0 aromatic carbocycles. The van der Waals surface area contributed by atoms with Crippen LogP contribution in [0.15, 0.2) is 0 Å². The van der Waals surface area contributed by atoms with Crippen molar-refractivity contribution in [1.82, 2.24) is 0 Å². The minimum absolute atomic E-state index is 0. The van der Waals surface area contributed by atoms with E-state index in [1.807, 2.05) is 0 Å². The van der Waals surface area contributed by atoms with E-state index in [9.17, 15) is 0 Å². The van der Waals surface area contributed by atoms with Gasteiger partial charge in [-0.1, -0.05) is 130 Å². The van der Waals surface area contributed by atoms with Crippen molar-refractivity contribution in [3.63, 3.8) is 0 Å². The molecule has 0 aromatic heterocycles. The number of unbranched alkanes of at least 4 members (excludes halogenated alkanes) is 17. The highest BCUT2D eigenvalue weighted by Crippen LogP contribution is 2.14. The molecule has 0 spiro atoms. The van der Waals surface area contributed by atoms with Crippen LogP contribution >= 0.6 is 0 Å². The maximum atomic E-state index is 6.13. The summed E-state index contributed by atoms with van der Waals surface area (Å²) in [4.78, 5) is 0. The zero-order chi connectivity index (χ0) is 21.3. The molecule has 30 heavy (non-hydrogen) atoms. The van der Waals surface area contributed by atoms with E-state index in [0.29, 0.717) is 0 Å². The third kappa shape index (κ3) is 25.9. The molecule has 0 amide bonds. The predicted octanol–water partition coefficient (Wildman–Crippen LogP) is 8.77. The fourth-order valence-electron chi connectivity index (χ4n) is 3.85. The summed E-state index contributed by atoms with van der Waals surface area (Å²) < 4.78 is 12.2. The van der Waals surface area contributed by atoms with Gasteiger partial charge in [-0.3, -0.25) is 0 Å². The van der Waals surface area contributed by atoms with E-state index < -0.39 is 0 Å². The summed E-state index contributed by atoms with van der Waals surface area (Å²) in [5.41, 5.74) is 0. The van der Waals surface area contributed by atoms with Crippen LogP contribution in [-0.2, 0) is 9.47 Å². The molecule has 0 aliphatic rings. The topological polar surface area (TPSA) is 50.0 Å². The summed E-state index contributed by atoms with van der Waals surface area (Å²) in [6.45, 7) is 8.59. The molecule has 0 heterocycles. The number of rotatable bonds is 25. The van der Waals surface area contributed by atoms with Crippen LogP contribution in [0.3, 0.4) is 0 Å². The highest BCUT2D eigenvalue weighted by atomic mass is 16.7. The van der Waals surface area contributed by atoms with Crippen LogP contribution in [0.4, 0.5) is 0 Å². The van der Waals surface area contributed by atoms with E-state index in [1.54, 1.807) is 0 Å². The van der Waals surface area contributed by atoms with E-state index in [1.165, 1.54) is 128 Å². The Labute approximate surface area is 190 Å². The summed E-state index contributed by atoms with van der Waals surface area (Å²) in [6, 6.07) is 0. The Morgan fingerprint density at radius 3 is 1.10 bits per heavy atom. The molecule has 0 radical (unpaired) electrons. The largest absolute Gasteiger partial charge is 0.412 e. The van der Waals surface area contributed by atoms with Gasteiger partial charge in [0, 0.05) is 13.2 Å². The number of ether oxygens (including phenoxy) is 2. The molecule has 2 N–H and O–H groups in total. The van der Waals surface area contributed by atoms with Gasteiger partial charge in [0.05, 0.1) is 0 Å². The fourth-order valence-corrected chi connectivity index (χ4v) is 3.85. The van der Waals surface area contributed by atoms with Crippen LogP contribution in [0.25, 0.3) is 0 Å². The Bertz CT molecular complexity index is 283. The van der Waals surface area contributed by atoms with Crippen molar-refractivity contribution in [2.75, 3.05) is 13.2 Å². The molecule has 184 valence electrons. The highest BCUT2D eigenvalue weighted by Gasteiger charge is 2.09. The van der Waals surface area contributed by atoms with Crippen LogP contribution in [-0.4, -0.2) is 25.0 Å². The zero-order valence-corrected chi connectivity index (χ0v) is 21.2. The van der Waals surface area contributed by atoms with Gasteiger partial charge in [0.25, 0.3) is 0 Å². The Morgan fingerprint density at radius 2 is 0.700 bits per heavy atom. The summed E-state index contributed by atoms with van der Waals surface area (Å²) in [5.74, 6) is 0. The van der Waals surface area contributed by atoms with E-state index in [2.05, 4.69) is 20.8 Å². The van der Waals surface area contributed by atoms with Crippen molar-refractivity contribution in [2.24, 2.45) is 0 Å². The quantitative estimate of drug-likeness (QED) is 0.107. The van der Waals surface area contributed by atoms with Crippen molar-refractivity contribution >= 4 is 0 Å². The fraction of sp³-hybridized carbons (Fsp3) is 1.00. The molecule has 0 rings (SSSR count). The average Bonchev–Trinajstić information content (AvgIpc) is 2.73. The van der Waals surface area contributed by atoms with Gasteiger partial charge < -0.3 is 14.9 Å². The second-order valence-electron chi connectivity index (χ2n) is 8.97. The lowest BCUT2D eigenvalue weighted by Crippen LogP contribution is -2.19. The third-order valence-electron chi connectivity index (χ3n) is 5.90. The van der Waals surface area contributed by atoms with Gasteiger partial charge in [0.1, 0.15) is 0 Å². The molecule has 0 aliphatic carbocycles. The Kier molecular flexibility index (Phi) is 30.9. The molecule has 0 aromatic rings. The van der Waals surface area contributed by atoms with E-state index in [4.69, 9.17) is 9.47 Å². The van der Waals surface area contributed by atoms with Crippen LogP contribution < -0.4 is 0 Å².